The van der Waals surface area contributed by atoms with Gasteiger partial charge in [-0.15, -0.1) is 0 Å². The summed E-state index contributed by atoms with van der Waals surface area (Å²) in [6, 6.07) is 16.4. The SMILES string of the molecule is CN(C)C(=O)c1cccc([C@H](CC(=O)O)n2ncc3cc(OCCc4ccc5c(n4)NCCC5)ccc32)c1. The summed E-state index contributed by atoms with van der Waals surface area (Å²) in [7, 11) is 3.37. The lowest BCUT2D eigenvalue weighted by molar-refractivity contribution is -0.137. The Hall–Kier alpha value is -4.40. The molecule has 0 aliphatic carbocycles. The second kappa shape index (κ2) is 10.9. The van der Waals surface area contributed by atoms with E-state index < -0.39 is 12.0 Å². The second-order valence-corrected chi connectivity index (χ2v) is 9.69. The minimum absolute atomic E-state index is 0.144. The summed E-state index contributed by atoms with van der Waals surface area (Å²) in [5.74, 6) is 0.598. The van der Waals surface area contributed by atoms with Gasteiger partial charge in [0.2, 0.25) is 0 Å². The van der Waals surface area contributed by atoms with Crippen molar-refractivity contribution in [3.8, 4) is 5.75 Å². The van der Waals surface area contributed by atoms with Crippen LogP contribution in [-0.4, -0.2) is 63.9 Å². The quantitative estimate of drug-likeness (QED) is 0.346. The Morgan fingerprint density at radius 3 is 2.84 bits per heavy atom. The number of carboxylic acids is 1. The first-order valence-corrected chi connectivity index (χ1v) is 12.7. The van der Waals surface area contributed by atoms with E-state index >= 15 is 0 Å². The van der Waals surface area contributed by atoms with E-state index in [0.29, 0.717) is 29.9 Å². The van der Waals surface area contributed by atoms with Crippen molar-refractivity contribution >= 4 is 28.6 Å². The number of benzene rings is 2. The van der Waals surface area contributed by atoms with Crippen LogP contribution in [0.2, 0.25) is 0 Å². The fourth-order valence-electron chi connectivity index (χ4n) is 4.80. The van der Waals surface area contributed by atoms with E-state index in [1.165, 1.54) is 10.5 Å². The lowest BCUT2D eigenvalue weighted by Gasteiger charge is -2.19. The molecule has 1 amide bonds. The number of ether oxygens (including phenoxy) is 1. The third-order valence-electron chi connectivity index (χ3n) is 6.73. The van der Waals surface area contributed by atoms with Crippen LogP contribution in [0.4, 0.5) is 5.82 Å². The normalized spacial score (nSPS) is 13.4. The lowest BCUT2D eigenvalue weighted by atomic mass is 10.0. The molecule has 0 saturated carbocycles. The van der Waals surface area contributed by atoms with Crippen LogP contribution < -0.4 is 10.1 Å². The maximum atomic E-state index is 12.5. The van der Waals surface area contributed by atoms with Crippen molar-refractivity contribution < 1.29 is 19.4 Å². The number of aromatic nitrogens is 3. The summed E-state index contributed by atoms with van der Waals surface area (Å²) < 4.78 is 7.72. The van der Waals surface area contributed by atoms with E-state index in [1.54, 1.807) is 43.2 Å². The molecule has 4 aromatic rings. The zero-order valence-electron chi connectivity index (χ0n) is 21.6. The molecule has 2 aromatic heterocycles. The van der Waals surface area contributed by atoms with E-state index in [0.717, 1.165) is 41.8 Å². The van der Waals surface area contributed by atoms with Gasteiger partial charge in [-0.25, -0.2) is 4.98 Å². The standard InChI is InChI=1S/C29H31N5O4/c1-33(2)29(37)21-6-3-5-20(15-21)26(17-27(35)36)34-25-11-10-24(16-22(25)18-31-34)38-14-12-23-9-8-19-7-4-13-30-28(19)32-23/h3,5-6,8-11,15-16,18,26H,4,7,12-14,17H2,1-2H3,(H,30,32)(H,35,36)/t26-/m0/s1. The fraction of sp³-hybridized carbons (Fsp3) is 0.310. The summed E-state index contributed by atoms with van der Waals surface area (Å²) in [5, 5.41) is 18.4. The van der Waals surface area contributed by atoms with Gasteiger partial charge in [0, 0.05) is 43.7 Å². The molecular weight excluding hydrogens is 482 g/mol. The van der Waals surface area contributed by atoms with Crippen molar-refractivity contribution in [2.24, 2.45) is 0 Å². The zero-order valence-corrected chi connectivity index (χ0v) is 21.6. The summed E-state index contributed by atoms with van der Waals surface area (Å²) in [6.07, 6.45) is 4.43. The molecule has 3 heterocycles. The molecule has 0 spiro atoms. The Labute approximate surface area is 221 Å². The number of carbonyl (C=O) groups excluding carboxylic acids is 1. The first-order valence-electron chi connectivity index (χ1n) is 12.7. The third kappa shape index (κ3) is 5.46. The molecule has 1 aliphatic rings. The van der Waals surface area contributed by atoms with E-state index in [-0.39, 0.29) is 12.3 Å². The fourth-order valence-corrected chi connectivity index (χ4v) is 4.80. The van der Waals surface area contributed by atoms with E-state index in [1.807, 2.05) is 24.3 Å². The molecule has 2 aromatic carbocycles. The molecule has 196 valence electrons. The second-order valence-electron chi connectivity index (χ2n) is 9.69. The van der Waals surface area contributed by atoms with Crippen LogP contribution in [0, 0.1) is 0 Å². The van der Waals surface area contributed by atoms with Gasteiger partial charge in [-0.2, -0.15) is 5.10 Å². The molecule has 0 fully saturated rings. The van der Waals surface area contributed by atoms with Crippen molar-refractivity contribution in [2.45, 2.75) is 31.7 Å². The number of nitrogens with one attached hydrogen (secondary N) is 1. The van der Waals surface area contributed by atoms with Gasteiger partial charge in [-0.3, -0.25) is 14.3 Å². The zero-order chi connectivity index (χ0) is 26.6. The van der Waals surface area contributed by atoms with Crippen LogP contribution in [0.25, 0.3) is 10.9 Å². The highest BCUT2D eigenvalue weighted by Gasteiger charge is 2.22. The maximum absolute atomic E-state index is 12.5. The molecule has 0 saturated heterocycles. The molecule has 2 N–H and O–H groups in total. The molecule has 1 atom stereocenters. The summed E-state index contributed by atoms with van der Waals surface area (Å²) >= 11 is 0. The van der Waals surface area contributed by atoms with Crippen molar-refractivity contribution in [3.63, 3.8) is 0 Å². The van der Waals surface area contributed by atoms with Crippen molar-refractivity contribution in [3.05, 3.63) is 83.2 Å². The molecular formula is C29H31N5O4. The van der Waals surface area contributed by atoms with Crippen LogP contribution in [0.5, 0.6) is 5.75 Å². The van der Waals surface area contributed by atoms with Gasteiger partial charge in [0.15, 0.2) is 0 Å². The Balaban J connectivity index is 1.33. The van der Waals surface area contributed by atoms with E-state index in [4.69, 9.17) is 9.72 Å². The molecule has 5 rings (SSSR count). The molecule has 9 heteroatoms. The molecule has 0 radical (unpaired) electrons. The highest BCUT2D eigenvalue weighted by atomic mass is 16.5. The molecule has 9 nitrogen and oxygen atoms in total. The van der Waals surface area contributed by atoms with Crippen LogP contribution in [0.15, 0.2) is 60.8 Å². The molecule has 0 bridgehead atoms. The van der Waals surface area contributed by atoms with Gasteiger partial charge in [0.05, 0.1) is 30.8 Å². The molecule has 1 aliphatic heterocycles. The summed E-state index contributed by atoms with van der Waals surface area (Å²) in [6.45, 7) is 1.44. The van der Waals surface area contributed by atoms with E-state index in [9.17, 15) is 14.7 Å². The number of carboxylic acid groups (broad SMARTS) is 1. The highest BCUT2D eigenvalue weighted by molar-refractivity contribution is 5.94. The van der Waals surface area contributed by atoms with E-state index in [2.05, 4.69) is 22.5 Å². The third-order valence-corrected chi connectivity index (χ3v) is 6.73. The summed E-state index contributed by atoms with van der Waals surface area (Å²) in [4.78, 5) is 30.5. The van der Waals surface area contributed by atoms with Gasteiger partial charge in [0.25, 0.3) is 5.91 Å². The number of amides is 1. The Kier molecular flexibility index (Phi) is 7.26. The van der Waals surface area contributed by atoms with Crippen molar-refractivity contribution in [1.29, 1.82) is 0 Å². The Morgan fingerprint density at radius 2 is 2.03 bits per heavy atom. The number of carbonyl (C=O) groups is 2. The van der Waals surface area contributed by atoms with Gasteiger partial charge in [-0.05, 0) is 60.4 Å². The van der Waals surface area contributed by atoms with Gasteiger partial charge < -0.3 is 20.1 Å². The maximum Gasteiger partial charge on any atom is 0.305 e. The van der Waals surface area contributed by atoms with Crippen LogP contribution in [0.3, 0.4) is 0 Å². The van der Waals surface area contributed by atoms with Crippen LogP contribution >= 0.6 is 0 Å². The molecule has 38 heavy (non-hydrogen) atoms. The van der Waals surface area contributed by atoms with Gasteiger partial charge >= 0.3 is 5.97 Å². The van der Waals surface area contributed by atoms with Gasteiger partial charge in [-0.1, -0.05) is 18.2 Å². The smallest absolute Gasteiger partial charge is 0.305 e. The highest BCUT2D eigenvalue weighted by Crippen LogP contribution is 2.29. The lowest BCUT2D eigenvalue weighted by Crippen LogP contribution is -2.22. The number of pyridine rings is 1. The largest absolute Gasteiger partial charge is 0.493 e. The average Bonchev–Trinajstić information content (AvgIpc) is 3.34. The average molecular weight is 514 g/mol. The number of fused-ring (bicyclic) bond motifs is 2. The number of nitrogens with zero attached hydrogens (tertiary/aromatic N) is 4. The predicted molar refractivity (Wildman–Crippen MR) is 145 cm³/mol. The predicted octanol–water partition coefficient (Wildman–Crippen LogP) is 4.18. The number of aryl methyl sites for hydroxylation is 1. The van der Waals surface area contributed by atoms with Crippen LogP contribution in [-0.2, 0) is 17.6 Å². The number of rotatable bonds is 9. The van der Waals surface area contributed by atoms with Gasteiger partial charge in [0.1, 0.15) is 11.6 Å². The first-order chi connectivity index (χ1) is 18.4. The monoisotopic (exact) mass is 513 g/mol. The number of hydrogen-bond acceptors (Lipinski definition) is 6. The Morgan fingerprint density at radius 1 is 1.16 bits per heavy atom. The number of anilines is 1. The topological polar surface area (TPSA) is 110 Å². The first kappa shape index (κ1) is 25.3. The minimum atomic E-state index is -0.950. The summed E-state index contributed by atoms with van der Waals surface area (Å²) in [5.41, 5.74) is 4.24. The Bertz CT molecular complexity index is 1480. The molecule has 0 unspecified atom stereocenters. The van der Waals surface area contributed by atoms with Crippen molar-refractivity contribution in [2.75, 3.05) is 32.6 Å². The minimum Gasteiger partial charge on any atom is -0.493 e. The number of aliphatic carboxylic acids is 1. The van der Waals surface area contributed by atoms with Crippen molar-refractivity contribution in [1.82, 2.24) is 19.7 Å². The van der Waals surface area contributed by atoms with Crippen LogP contribution in [0.1, 0.15) is 46.1 Å². The number of hydrogen-bond donors (Lipinski definition) is 2.